The first-order valence-corrected chi connectivity index (χ1v) is 8.64. The predicted octanol–water partition coefficient (Wildman–Crippen LogP) is 3.20. The molecule has 2 aromatic rings. The van der Waals surface area contributed by atoms with Crippen molar-refractivity contribution in [3.63, 3.8) is 0 Å². The van der Waals surface area contributed by atoms with E-state index in [0.717, 1.165) is 30.5 Å². The van der Waals surface area contributed by atoms with Crippen LogP contribution in [-0.4, -0.2) is 25.6 Å². The lowest BCUT2D eigenvalue weighted by Gasteiger charge is -2.11. The maximum absolute atomic E-state index is 13.8. The van der Waals surface area contributed by atoms with E-state index >= 15 is 0 Å². The summed E-state index contributed by atoms with van der Waals surface area (Å²) in [4.78, 5) is 15.3. The van der Waals surface area contributed by atoms with Gasteiger partial charge in [0.25, 0.3) is 5.91 Å². The van der Waals surface area contributed by atoms with Gasteiger partial charge in [0.1, 0.15) is 11.5 Å². The van der Waals surface area contributed by atoms with E-state index in [1.54, 1.807) is 0 Å². The normalized spacial score (nSPS) is 12.1. The number of amides is 1. The number of hydrogen-bond donors (Lipinski definition) is 1. The third kappa shape index (κ3) is 4.32. The van der Waals surface area contributed by atoms with Crippen LogP contribution in [0.15, 0.2) is 35.2 Å². The second kappa shape index (κ2) is 6.43. The summed E-state index contributed by atoms with van der Waals surface area (Å²) < 4.78 is 74.5. The first-order valence-electron chi connectivity index (χ1n) is 6.75. The number of sulfone groups is 1. The van der Waals surface area contributed by atoms with Crippen LogP contribution in [-0.2, 0) is 16.0 Å². The number of alkyl halides is 3. The van der Waals surface area contributed by atoms with E-state index in [1.807, 2.05) is 0 Å². The SMILES string of the molecule is Cc1nc(C(F)(F)F)ccc1C(=O)Nc1cc(S(C)(=O)=O)ccc1F. The average molecular weight is 376 g/mol. The van der Waals surface area contributed by atoms with Crippen molar-refractivity contribution in [1.29, 1.82) is 0 Å². The van der Waals surface area contributed by atoms with E-state index in [0.29, 0.717) is 6.07 Å². The first-order chi connectivity index (χ1) is 11.4. The molecule has 0 bridgehead atoms. The van der Waals surface area contributed by atoms with Crippen molar-refractivity contribution in [1.82, 2.24) is 4.98 Å². The molecule has 1 N–H and O–H groups in total. The van der Waals surface area contributed by atoms with E-state index in [9.17, 15) is 30.8 Å². The van der Waals surface area contributed by atoms with E-state index in [-0.39, 0.29) is 16.2 Å². The molecule has 0 saturated heterocycles. The molecule has 0 aliphatic rings. The van der Waals surface area contributed by atoms with Crippen molar-refractivity contribution in [2.24, 2.45) is 0 Å². The van der Waals surface area contributed by atoms with Gasteiger partial charge in [0.2, 0.25) is 0 Å². The summed E-state index contributed by atoms with van der Waals surface area (Å²) in [5, 5.41) is 2.14. The Morgan fingerprint density at radius 1 is 1.16 bits per heavy atom. The Bertz CT molecular complexity index is 940. The number of carbonyl (C=O) groups excluding carboxylic acids is 1. The highest BCUT2D eigenvalue weighted by Gasteiger charge is 2.33. The average Bonchev–Trinajstić information content (AvgIpc) is 2.47. The summed E-state index contributed by atoms with van der Waals surface area (Å²) in [6, 6.07) is 4.37. The molecule has 1 aromatic carbocycles. The number of nitrogens with zero attached hydrogens (tertiary/aromatic N) is 1. The van der Waals surface area contributed by atoms with Crippen molar-refractivity contribution in [2.45, 2.75) is 18.0 Å². The van der Waals surface area contributed by atoms with Gasteiger partial charge in [-0.15, -0.1) is 0 Å². The largest absolute Gasteiger partial charge is 0.433 e. The van der Waals surface area contributed by atoms with Gasteiger partial charge in [0.15, 0.2) is 9.84 Å². The van der Waals surface area contributed by atoms with Crippen LogP contribution in [0.5, 0.6) is 0 Å². The minimum absolute atomic E-state index is 0.197. The number of carbonyl (C=O) groups is 1. The van der Waals surface area contributed by atoms with E-state index in [4.69, 9.17) is 0 Å². The molecule has 0 radical (unpaired) electrons. The van der Waals surface area contributed by atoms with Gasteiger partial charge in [-0.2, -0.15) is 13.2 Å². The molecule has 0 spiro atoms. The second-order valence-electron chi connectivity index (χ2n) is 5.20. The minimum atomic E-state index is -4.66. The van der Waals surface area contributed by atoms with Gasteiger partial charge >= 0.3 is 6.18 Å². The van der Waals surface area contributed by atoms with Gasteiger partial charge in [-0.3, -0.25) is 4.79 Å². The summed E-state index contributed by atoms with van der Waals surface area (Å²) in [5.41, 5.74) is -1.97. The first kappa shape index (κ1) is 18.8. The number of nitrogens with one attached hydrogen (secondary N) is 1. The Labute approximate surface area is 140 Å². The number of rotatable bonds is 3. The highest BCUT2D eigenvalue weighted by Crippen LogP contribution is 2.28. The summed E-state index contributed by atoms with van der Waals surface area (Å²) >= 11 is 0. The summed E-state index contributed by atoms with van der Waals surface area (Å²) in [6.45, 7) is 1.20. The monoisotopic (exact) mass is 376 g/mol. The quantitative estimate of drug-likeness (QED) is 0.659. The fraction of sp³-hybridized carbons (Fsp3) is 0.200. The number of anilines is 1. The molecule has 10 heteroatoms. The number of pyridine rings is 1. The zero-order chi connectivity index (χ0) is 19.0. The van der Waals surface area contributed by atoms with Crippen LogP contribution in [0.2, 0.25) is 0 Å². The van der Waals surface area contributed by atoms with E-state index < -0.39 is 39.1 Å². The van der Waals surface area contributed by atoms with Crippen molar-refractivity contribution in [3.05, 3.63) is 53.1 Å². The zero-order valence-corrected chi connectivity index (χ0v) is 13.8. The molecular formula is C15H12F4N2O3S. The lowest BCUT2D eigenvalue weighted by molar-refractivity contribution is -0.141. The molecule has 0 aliphatic heterocycles. The third-order valence-electron chi connectivity index (χ3n) is 3.24. The Balaban J connectivity index is 2.35. The Kier molecular flexibility index (Phi) is 4.85. The van der Waals surface area contributed by atoms with Crippen molar-refractivity contribution < 1.29 is 30.8 Å². The summed E-state index contributed by atoms with van der Waals surface area (Å²) in [7, 11) is -3.63. The smallest absolute Gasteiger partial charge is 0.319 e. The zero-order valence-electron chi connectivity index (χ0n) is 13.0. The highest BCUT2D eigenvalue weighted by molar-refractivity contribution is 7.90. The van der Waals surface area contributed by atoms with Crippen LogP contribution in [0.3, 0.4) is 0 Å². The summed E-state index contributed by atoms with van der Waals surface area (Å²) in [6.07, 6.45) is -3.74. The third-order valence-corrected chi connectivity index (χ3v) is 4.35. The van der Waals surface area contributed by atoms with Gasteiger partial charge in [0.05, 0.1) is 21.8 Å². The number of hydrogen-bond acceptors (Lipinski definition) is 4. The van der Waals surface area contributed by atoms with Crippen LogP contribution >= 0.6 is 0 Å². The Hall–Kier alpha value is -2.49. The molecule has 0 aliphatic carbocycles. The van der Waals surface area contributed by atoms with Crippen molar-refractivity contribution in [2.75, 3.05) is 11.6 Å². The molecular weight excluding hydrogens is 364 g/mol. The lowest BCUT2D eigenvalue weighted by atomic mass is 10.1. The highest BCUT2D eigenvalue weighted by atomic mass is 32.2. The Morgan fingerprint density at radius 2 is 1.80 bits per heavy atom. The van der Waals surface area contributed by atoms with Crippen LogP contribution in [0, 0.1) is 12.7 Å². The maximum atomic E-state index is 13.8. The Morgan fingerprint density at radius 3 is 2.32 bits per heavy atom. The van der Waals surface area contributed by atoms with Gasteiger partial charge in [-0.1, -0.05) is 0 Å². The topological polar surface area (TPSA) is 76.1 Å². The molecule has 0 fully saturated rings. The predicted molar refractivity (Wildman–Crippen MR) is 81.4 cm³/mol. The molecule has 0 unspecified atom stereocenters. The minimum Gasteiger partial charge on any atom is -0.319 e. The van der Waals surface area contributed by atoms with Crippen LogP contribution in [0.4, 0.5) is 23.2 Å². The van der Waals surface area contributed by atoms with Gasteiger partial charge in [-0.25, -0.2) is 17.8 Å². The van der Waals surface area contributed by atoms with E-state index in [1.165, 1.54) is 6.92 Å². The fourth-order valence-corrected chi connectivity index (χ4v) is 2.63. The van der Waals surface area contributed by atoms with Gasteiger partial charge < -0.3 is 5.32 Å². The molecule has 0 atom stereocenters. The van der Waals surface area contributed by atoms with Gasteiger partial charge in [0, 0.05) is 6.26 Å². The molecule has 0 saturated carbocycles. The van der Waals surface area contributed by atoms with Crippen LogP contribution in [0.25, 0.3) is 0 Å². The maximum Gasteiger partial charge on any atom is 0.433 e. The molecule has 25 heavy (non-hydrogen) atoms. The molecule has 1 heterocycles. The van der Waals surface area contributed by atoms with Crippen molar-refractivity contribution >= 4 is 21.4 Å². The van der Waals surface area contributed by atoms with Crippen LogP contribution < -0.4 is 5.32 Å². The van der Waals surface area contributed by atoms with Crippen LogP contribution in [0.1, 0.15) is 21.7 Å². The molecule has 2 rings (SSSR count). The summed E-state index contributed by atoms with van der Waals surface area (Å²) in [5.74, 6) is -1.80. The molecule has 1 amide bonds. The molecule has 5 nitrogen and oxygen atoms in total. The number of aromatic nitrogens is 1. The lowest BCUT2D eigenvalue weighted by Crippen LogP contribution is -2.17. The number of halogens is 4. The molecule has 1 aromatic heterocycles. The standard InChI is InChI=1S/C15H12F4N2O3S/c1-8-10(4-6-13(20-8)15(17,18)19)14(22)21-12-7-9(25(2,23)24)3-5-11(12)16/h3-7H,1-2H3,(H,21,22). The van der Waals surface area contributed by atoms with Crippen molar-refractivity contribution in [3.8, 4) is 0 Å². The number of benzene rings is 1. The second-order valence-corrected chi connectivity index (χ2v) is 7.21. The van der Waals surface area contributed by atoms with Gasteiger partial charge in [-0.05, 0) is 37.3 Å². The molecule has 134 valence electrons. The van der Waals surface area contributed by atoms with E-state index in [2.05, 4.69) is 10.3 Å². The fourth-order valence-electron chi connectivity index (χ4n) is 1.98. The number of aryl methyl sites for hydroxylation is 1.